The van der Waals surface area contributed by atoms with Gasteiger partial charge in [0.1, 0.15) is 97.7 Å². The third kappa shape index (κ3) is 7.44. The lowest BCUT2D eigenvalue weighted by molar-refractivity contribution is -0.388. The first-order chi connectivity index (χ1) is 21.3. The molecule has 0 unspecified atom stereocenters. The number of ether oxygens (including phenoxy) is 7. The van der Waals surface area contributed by atoms with Crippen LogP contribution in [0.25, 0.3) is 0 Å². The molecule has 0 aromatic rings. The van der Waals surface area contributed by atoms with Gasteiger partial charge >= 0.3 is 0 Å². The van der Waals surface area contributed by atoms with Crippen molar-refractivity contribution in [3.63, 3.8) is 0 Å². The second-order valence-corrected chi connectivity index (χ2v) is 11.1. The molecule has 264 valence electrons. The van der Waals surface area contributed by atoms with Crippen molar-refractivity contribution in [1.82, 2.24) is 0 Å². The van der Waals surface area contributed by atoms with E-state index < -0.39 is 149 Å². The fraction of sp³-hybridized carbons (Fsp3) is 1.00. The molecule has 4 saturated heterocycles. The Hall–Kier alpha value is -0.840. The highest BCUT2D eigenvalue weighted by molar-refractivity contribution is 4.97. The largest absolute Gasteiger partial charge is 0.394 e. The van der Waals surface area contributed by atoms with E-state index in [-0.39, 0.29) is 0 Å². The summed E-state index contributed by atoms with van der Waals surface area (Å²) in [7, 11) is 0. The highest BCUT2D eigenvalue weighted by Gasteiger charge is 2.55. The third-order valence-electron chi connectivity index (χ3n) is 8.21. The maximum Gasteiger partial charge on any atom is 0.187 e. The maximum absolute atomic E-state index is 11.0. The zero-order chi connectivity index (χ0) is 33.3. The van der Waals surface area contributed by atoms with Gasteiger partial charge in [-0.15, -0.1) is 0 Å². The minimum absolute atomic E-state index is 0.787. The molecule has 0 aromatic heterocycles. The Balaban J connectivity index is 1.48. The van der Waals surface area contributed by atoms with Crippen LogP contribution in [0.4, 0.5) is 0 Å². The van der Waals surface area contributed by atoms with E-state index >= 15 is 0 Å². The topological polar surface area (TPSA) is 348 Å². The van der Waals surface area contributed by atoms with E-state index in [1.165, 1.54) is 0 Å². The fourth-order valence-corrected chi connectivity index (χ4v) is 5.53. The first kappa shape index (κ1) is 37.0. The van der Waals surface area contributed by atoms with Crippen molar-refractivity contribution in [2.24, 2.45) is 0 Å². The van der Waals surface area contributed by atoms with Gasteiger partial charge in [0, 0.05) is 0 Å². The molecule has 14 N–H and O–H groups in total. The number of hydrogen-bond donors (Lipinski definition) is 14. The summed E-state index contributed by atoms with van der Waals surface area (Å²) in [6.45, 7) is -3.40. The van der Waals surface area contributed by atoms with Gasteiger partial charge in [-0.05, 0) is 0 Å². The quantitative estimate of drug-likeness (QED) is 0.103. The van der Waals surface area contributed by atoms with Gasteiger partial charge in [-0.2, -0.15) is 0 Å². The Morgan fingerprint density at radius 2 is 0.711 bits per heavy atom. The van der Waals surface area contributed by atoms with Gasteiger partial charge in [0.15, 0.2) is 25.2 Å². The SMILES string of the molecule is OC[C@H]1O[C@@H](O[C@@H]2[C@@H](O)[C@H](O[C@@H]3[C@H](O)[C@@H](O)[C@H](O[C@@H]4[C@@H](O)[C@H](O)O[C@H](CO)[C@H]4O)O[C@@H]3CO)O[C@H](CO)[C@H]2O)[C@H](O)[C@@H](O)[C@@H]1O. The molecule has 21 heteroatoms. The van der Waals surface area contributed by atoms with E-state index in [9.17, 15) is 71.5 Å². The molecule has 4 heterocycles. The van der Waals surface area contributed by atoms with Gasteiger partial charge in [0.25, 0.3) is 0 Å². The summed E-state index contributed by atoms with van der Waals surface area (Å²) in [5.74, 6) is 0. The van der Waals surface area contributed by atoms with E-state index in [4.69, 9.17) is 33.2 Å². The van der Waals surface area contributed by atoms with Crippen molar-refractivity contribution in [2.75, 3.05) is 26.4 Å². The Kier molecular flexibility index (Phi) is 12.8. The first-order valence-corrected chi connectivity index (χ1v) is 14.1. The van der Waals surface area contributed by atoms with Gasteiger partial charge in [-0.3, -0.25) is 0 Å². The lowest BCUT2D eigenvalue weighted by Crippen LogP contribution is -2.67. The van der Waals surface area contributed by atoms with Crippen LogP contribution in [-0.4, -0.2) is 221 Å². The molecule has 4 fully saturated rings. The molecule has 0 aromatic carbocycles. The number of aliphatic hydroxyl groups excluding tert-OH is 14. The van der Waals surface area contributed by atoms with Gasteiger partial charge in [-0.1, -0.05) is 0 Å². The maximum atomic E-state index is 11.0. The third-order valence-corrected chi connectivity index (χ3v) is 8.21. The molecule has 4 rings (SSSR count). The average Bonchev–Trinajstić information content (AvgIpc) is 3.03. The molecule has 0 amide bonds. The predicted molar refractivity (Wildman–Crippen MR) is 134 cm³/mol. The normalized spacial score (nSPS) is 52.9. The molecule has 4 aliphatic rings. The molecule has 21 nitrogen and oxygen atoms in total. The van der Waals surface area contributed by atoms with Gasteiger partial charge in [-0.25, -0.2) is 0 Å². The second-order valence-electron chi connectivity index (χ2n) is 11.1. The Bertz CT molecular complexity index is 914. The highest BCUT2D eigenvalue weighted by Crippen LogP contribution is 2.34. The van der Waals surface area contributed by atoms with Crippen LogP contribution in [0.2, 0.25) is 0 Å². The van der Waals surface area contributed by atoms with Crippen molar-refractivity contribution >= 4 is 0 Å². The van der Waals surface area contributed by atoms with E-state index in [0.29, 0.717) is 0 Å². The minimum Gasteiger partial charge on any atom is -0.394 e. The van der Waals surface area contributed by atoms with Crippen molar-refractivity contribution in [3.05, 3.63) is 0 Å². The van der Waals surface area contributed by atoms with Crippen LogP contribution in [0, 0.1) is 0 Å². The Morgan fingerprint density at radius 1 is 0.333 bits per heavy atom. The molecule has 0 spiro atoms. The second kappa shape index (κ2) is 15.6. The van der Waals surface area contributed by atoms with E-state index in [1.54, 1.807) is 0 Å². The van der Waals surface area contributed by atoms with Crippen molar-refractivity contribution in [3.8, 4) is 0 Å². The molecule has 0 saturated carbocycles. The van der Waals surface area contributed by atoms with Crippen molar-refractivity contribution in [1.29, 1.82) is 0 Å². The van der Waals surface area contributed by atoms with E-state index in [2.05, 4.69) is 0 Å². The molecule has 0 bridgehead atoms. The van der Waals surface area contributed by atoms with Crippen LogP contribution in [0.3, 0.4) is 0 Å². The summed E-state index contributed by atoms with van der Waals surface area (Å²) < 4.78 is 37.5. The standard InChI is InChI=1S/C24H42O21/c25-1-5-9(29)12(32)14(34)22(40-5)45-20-11(31)7(3-27)41-24(17(20)37)43-18-8(4-28)42-23(15(35)13(18)33)44-19-10(30)6(2-26)39-21(38)16(19)36/h5-38H,1-4H2/t5-,6-,7-,8-,9-,10-,11-,12+,13-,14-,15-,16-,17-,18+,19+,20+,21-,22+,23+,24+/m1/s1. The highest BCUT2D eigenvalue weighted by atomic mass is 16.8. The van der Waals surface area contributed by atoms with Crippen LogP contribution in [0.1, 0.15) is 0 Å². The van der Waals surface area contributed by atoms with Crippen LogP contribution < -0.4 is 0 Å². The summed E-state index contributed by atoms with van der Waals surface area (Å²) >= 11 is 0. The molecular weight excluding hydrogens is 624 g/mol. The minimum atomic E-state index is -2.04. The number of rotatable bonds is 10. The summed E-state index contributed by atoms with van der Waals surface area (Å²) in [6, 6.07) is 0. The molecular formula is C24H42O21. The van der Waals surface area contributed by atoms with Crippen LogP contribution >= 0.6 is 0 Å². The van der Waals surface area contributed by atoms with Gasteiger partial charge in [0.05, 0.1) is 26.4 Å². The summed E-state index contributed by atoms with van der Waals surface area (Å²) in [6.07, 6.45) is -35.7. The van der Waals surface area contributed by atoms with Crippen LogP contribution in [0.15, 0.2) is 0 Å². The van der Waals surface area contributed by atoms with E-state index in [0.717, 1.165) is 0 Å². The zero-order valence-electron chi connectivity index (χ0n) is 23.5. The van der Waals surface area contributed by atoms with Gasteiger partial charge < -0.3 is 105 Å². The Morgan fingerprint density at radius 3 is 1.22 bits per heavy atom. The smallest absolute Gasteiger partial charge is 0.187 e. The predicted octanol–water partition coefficient (Wildman–Crippen LogP) is -9.75. The van der Waals surface area contributed by atoms with E-state index in [1.807, 2.05) is 0 Å². The monoisotopic (exact) mass is 666 g/mol. The van der Waals surface area contributed by atoms with Crippen LogP contribution in [0.5, 0.6) is 0 Å². The van der Waals surface area contributed by atoms with Crippen LogP contribution in [-0.2, 0) is 33.2 Å². The number of hydrogen-bond acceptors (Lipinski definition) is 21. The van der Waals surface area contributed by atoms with Crippen molar-refractivity contribution in [2.45, 2.75) is 123 Å². The lowest BCUT2D eigenvalue weighted by atomic mass is 9.95. The summed E-state index contributed by atoms with van der Waals surface area (Å²) in [5.41, 5.74) is 0. The first-order valence-electron chi connectivity index (χ1n) is 14.1. The Labute approximate surface area is 254 Å². The van der Waals surface area contributed by atoms with Gasteiger partial charge in [0.2, 0.25) is 0 Å². The molecule has 45 heavy (non-hydrogen) atoms. The molecule has 0 aliphatic carbocycles. The molecule has 20 atom stereocenters. The fourth-order valence-electron chi connectivity index (χ4n) is 5.53. The molecule has 0 radical (unpaired) electrons. The number of aliphatic hydroxyl groups is 14. The lowest BCUT2D eigenvalue weighted by Gasteiger charge is -2.49. The van der Waals surface area contributed by atoms with Crippen molar-refractivity contribution < 1.29 is 105 Å². The average molecular weight is 667 g/mol. The summed E-state index contributed by atoms with van der Waals surface area (Å²) in [5, 5.41) is 143. The zero-order valence-corrected chi connectivity index (χ0v) is 23.5. The summed E-state index contributed by atoms with van der Waals surface area (Å²) in [4.78, 5) is 0. The molecule has 4 aliphatic heterocycles.